The van der Waals surface area contributed by atoms with E-state index >= 15 is 0 Å². The first-order chi connectivity index (χ1) is 5.77. The quantitative estimate of drug-likeness (QED) is 0.557. The predicted molar refractivity (Wildman–Crippen MR) is 52.1 cm³/mol. The molecule has 1 aromatic heterocycles. The Kier molecular flexibility index (Phi) is 3.62. The number of ether oxygens (including phenoxy) is 1. The average Bonchev–Trinajstić information content (AvgIpc) is 2.52. The van der Waals surface area contributed by atoms with Crippen molar-refractivity contribution in [3.05, 3.63) is 16.3 Å². The van der Waals surface area contributed by atoms with Gasteiger partial charge in [-0.2, -0.15) is 0 Å². The van der Waals surface area contributed by atoms with Gasteiger partial charge in [0.05, 0.1) is 6.61 Å². The Balaban J connectivity index is 2.68. The van der Waals surface area contributed by atoms with E-state index in [1.165, 1.54) is 11.3 Å². The molecule has 0 radical (unpaired) electrons. The Bertz CT molecular complexity index is 268. The molecular weight excluding hydrogens is 192 g/mol. The summed E-state index contributed by atoms with van der Waals surface area (Å²) in [5.74, 6) is -0.220. The molecule has 0 aromatic carbocycles. The lowest BCUT2D eigenvalue weighted by molar-refractivity contribution is 0.0532. The van der Waals surface area contributed by atoms with Gasteiger partial charge in [-0.25, -0.2) is 4.79 Å². The van der Waals surface area contributed by atoms with Crippen LogP contribution in [0.25, 0.3) is 0 Å². The standard InChI is InChI=1S/C8H10O2S2/c1-3-10-8(9)7-4-6(11-2)5-12-7/h4-5H,3H2,1-2H3. The van der Waals surface area contributed by atoms with Crippen LogP contribution >= 0.6 is 23.1 Å². The first-order valence-corrected chi connectivity index (χ1v) is 5.68. The monoisotopic (exact) mass is 202 g/mol. The van der Waals surface area contributed by atoms with Gasteiger partial charge < -0.3 is 4.74 Å². The predicted octanol–water partition coefficient (Wildman–Crippen LogP) is 2.65. The highest BCUT2D eigenvalue weighted by Gasteiger charge is 2.08. The van der Waals surface area contributed by atoms with Crippen LogP contribution in [0.2, 0.25) is 0 Å². The van der Waals surface area contributed by atoms with Gasteiger partial charge in [0.1, 0.15) is 4.88 Å². The lowest BCUT2D eigenvalue weighted by Crippen LogP contribution is -2.01. The van der Waals surface area contributed by atoms with Crippen LogP contribution in [-0.2, 0) is 4.74 Å². The zero-order chi connectivity index (χ0) is 8.97. The van der Waals surface area contributed by atoms with Crippen molar-refractivity contribution in [2.75, 3.05) is 12.9 Å². The SMILES string of the molecule is CCOC(=O)c1cc(SC)cs1. The number of thioether (sulfide) groups is 1. The minimum absolute atomic E-state index is 0.220. The minimum Gasteiger partial charge on any atom is -0.462 e. The first kappa shape index (κ1) is 9.61. The van der Waals surface area contributed by atoms with Gasteiger partial charge in [-0.15, -0.1) is 23.1 Å². The van der Waals surface area contributed by atoms with Gasteiger partial charge in [-0.1, -0.05) is 0 Å². The molecule has 0 amide bonds. The Hall–Kier alpha value is -0.480. The van der Waals surface area contributed by atoms with Gasteiger partial charge in [0.2, 0.25) is 0 Å². The molecule has 0 aliphatic rings. The molecule has 4 heteroatoms. The molecule has 12 heavy (non-hydrogen) atoms. The molecule has 2 nitrogen and oxygen atoms in total. The van der Waals surface area contributed by atoms with Crippen molar-refractivity contribution >= 4 is 29.1 Å². The number of rotatable bonds is 3. The van der Waals surface area contributed by atoms with E-state index in [0.29, 0.717) is 11.5 Å². The van der Waals surface area contributed by atoms with Crippen molar-refractivity contribution in [3.63, 3.8) is 0 Å². The average molecular weight is 202 g/mol. The Labute approximate surface area is 79.9 Å². The summed E-state index contributed by atoms with van der Waals surface area (Å²) < 4.78 is 4.85. The van der Waals surface area contributed by atoms with Crippen LogP contribution in [0.3, 0.4) is 0 Å². The lowest BCUT2D eigenvalue weighted by atomic mass is 10.5. The van der Waals surface area contributed by atoms with Gasteiger partial charge >= 0.3 is 5.97 Å². The van der Waals surface area contributed by atoms with E-state index in [9.17, 15) is 4.79 Å². The van der Waals surface area contributed by atoms with Crippen LogP contribution in [0.1, 0.15) is 16.6 Å². The van der Waals surface area contributed by atoms with E-state index in [2.05, 4.69) is 0 Å². The molecule has 0 bridgehead atoms. The highest BCUT2D eigenvalue weighted by molar-refractivity contribution is 7.98. The third-order valence-corrected chi connectivity index (χ3v) is 3.05. The summed E-state index contributed by atoms with van der Waals surface area (Å²) in [7, 11) is 0. The lowest BCUT2D eigenvalue weighted by Gasteiger charge is -1.96. The maximum Gasteiger partial charge on any atom is 0.348 e. The normalized spacial score (nSPS) is 9.83. The zero-order valence-electron chi connectivity index (χ0n) is 6.99. The zero-order valence-corrected chi connectivity index (χ0v) is 8.63. The fourth-order valence-electron chi connectivity index (χ4n) is 0.735. The molecule has 0 N–H and O–H groups in total. The molecule has 0 fully saturated rings. The van der Waals surface area contributed by atoms with E-state index in [-0.39, 0.29) is 5.97 Å². The summed E-state index contributed by atoms with van der Waals surface area (Å²) in [5.41, 5.74) is 0. The van der Waals surface area contributed by atoms with E-state index in [4.69, 9.17) is 4.74 Å². The van der Waals surface area contributed by atoms with Crippen LogP contribution in [0.15, 0.2) is 16.3 Å². The van der Waals surface area contributed by atoms with E-state index in [1.807, 2.05) is 17.7 Å². The smallest absolute Gasteiger partial charge is 0.348 e. The fourth-order valence-corrected chi connectivity index (χ4v) is 2.24. The number of carbonyl (C=O) groups excluding carboxylic acids is 1. The first-order valence-electron chi connectivity index (χ1n) is 3.57. The molecule has 66 valence electrons. The largest absolute Gasteiger partial charge is 0.462 e. The molecule has 1 rings (SSSR count). The highest BCUT2D eigenvalue weighted by atomic mass is 32.2. The van der Waals surface area contributed by atoms with Crippen molar-refractivity contribution in [1.82, 2.24) is 0 Å². The Morgan fingerprint density at radius 3 is 3.00 bits per heavy atom. The number of esters is 1. The van der Waals surface area contributed by atoms with Crippen LogP contribution in [0.5, 0.6) is 0 Å². The molecule has 0 spiro atoms. The minimum atomic E-state index is -0.220. The Morgan fingerprint density at radius 1 is 1.75 bits per heavy atom. The molecule has 0 unspecified atom stereocenters. The molecule has 0 atom stereocenters. The molecule has 0 saturated carbocycles. The highest BCUT2D eigenvalue weighted by Crippen LogP contribution is 2.22. The second-order valence-corrected chi connectivity index (χ2v) is 3.86. The topological polar surface area (TPSA) is 26.3 Å². The van der Waals surface area contributed by atoms with Gasteiger partial charge in [-0.3, -0.25) is 0 Å². The van der Waals surface area contributed by atoms with Crippen LogP contribution < -0.4 is 0 Å². The summed E-state index contributed by atoms with van der Waals surface area (Å²) in [6.07, 6.45) is 1.98. The molecule has 0 aliphatic heterocycles. The fraction of sp³-hybridized carbons (Fsp3) is 0.375. The third kappa shape index (κ3) is 2.25. The van der Waals surface area contributed by atoms with Crippen LogP contribution in [0.4, 0.5) is 0 Å². The summed E-state index contributed by atoms with van der Waals surface area (Å²) in [6.45, 7) is 2.24. The summed E-state index contributed by atoms with van der Waals surface area (Å²) in [5, 5.41) is 1.96. The number of hydrogen-bond acceptors (Lipinski definition) is 4. The van der Waals surface area contributed by atoms with Crippen molar-refractivity contribution in [2.24, 2.45) is 0 Å². The summed E-state index contributed by atoms with van der Waals surface area (Å²) >= 11 is 3.05. The van der Waals surface area contributed by atoms with E-state index in [0.717, 1.165) is 4.90 Å². The van der Waals surface area contributed by atoms with E-state index < -0.39 is 0 Å². The number of thiophene rings is 1. The van der Waals surface area contributed by atoms with Crippen LogP contribution in [-0.4, -0.2) is 18.8 Å². The van der Waals surface area contributed by atoms with Crippen molar-refractivity contribution < 1.29 is 9.53 Å². The molecule has 0 aliphatic carbocycles. The third-order valence-electron chi connectivity index (χ3n) is 1.29. The van der Waals surface area contributed by atoms with Gasteiger partial charge in [0, 0.05) is 10.3 Å². The molecule has 0 saturated heterocycles. The number of carbonyl (C=O) groups is 1. The van der Waals surface area contributed by atoms with Gasteiger partial charge in [-0.05, 0) is 19.2 Å². The number of hydrogen-bond donors (Lipinski definition) is 0. The maximum absolute atomic E-state index is 11.2. The molecule has 1 aromatic rings. The summed E-state index contributed by atoms with van der Waals surface area (Å²) in [4.78, 5) is 12.9. The molecule has 1 heterocycles. The second-order valence-electron chi connectivity index (χ2n) is 2.07. The van der Waals surface area contributed by atoms with Crippen molar-refractivity contribution in [2.45, 2.75) is 11.8 Å². The summed E-state index contributed by atoms with van der Waals surface area (Å²) in [6, 6.07) is 1.85. The maximum atomic E-state index is 11.2. The van der Waals surface area contributed by atoms with E-state index in [1.54, 1.807) is 18.7 Å². The second kappa shape index (κ2) is 4.52. The van der Waals surface area contributed by atoms with Crippen molar-refractivity contribution in [3.8, 4) is 0 Å². The van der Waals surface area contributed by atoms with Gasteiger partial charge in [0.15, 0.2) is 0 Å². The Morgan fingerprint density at radius 2 is 2.50 bits per heavy atom. The molecular formula is C8H10O2S2. The van der Waals surface area contributed by atoms with Crippen molar-refractivity contribution in [1.29, 1.82) is 0 Å². The van der Waals surface area contributed by atoms with Gasteiger partial charge in [0.25, 0.3) is 0 Å². The van der Waals surface area contributed by atoms with Crippen LogP contribution in [0, 0.1) is 0 Å².